The minimum atomic E-state index is -0.664. The number of nitrogens with zero attached hydrogens (tertiary/aromatic N) is 2. The fourth-order valence-corrected chi connectivity index (χ4v) is 4.17. The molecule has 1 aliphatic rings. The van der Waals surface area contributed by atoms with Crippen LogP contribution >= 0.6 is 0 Å². The topological polar surface area (TPSA) is 66.9 Å². The number of carbonyl (C=O) groups is 3. The van der Waals surface area contributed by atoms with E-state index in [0.717, 1.165) is 24.8 Å². The number of esters is 1. The number of carbonyl (C=O) groups excluding carboxylic acids is 3. The lowest BCUT2D eigenvalue weighted by Crippen LogP contribution is -2.49. The second-order valence-corrected chi connectivity index (χ2v) is 8.20. The molecule has 2 aromatic carbocycles. The van der Waals surface area contributed by atoms with Gasteiger partial charge in [0, 0.05) is 25.7 Å². The minimum Gasteiger partial charge on any atom is -0.452 e. The molecular formula is C25H30N2O4. The maximum Gasteiger partial charge on any atom is 0.339 e. The summed E-state index contributed by atoms with van der Waals surface area (Å²) in [5.41, 5.74) is 1.42. The number of hydrogen-bond acceptors (Lipinski definition) is 4. The second-order valence-electron chi connectivity index (χ2n) is 8.20. The number of rotatable bonds is 6. The van der Waals surface area contributed by atoms with Crippen LogP contribution in [0.5, 0.6) is 0 Å². The van der Waals surface area contributed by atoms with Crippen molar-refractivity contribution >= 4 is 17.8 Å². The first-order valence-corrected chi connectivity index (χ1v) is 10.7. The molecule has 2 amide bonds. The van der Waals surface area contributed by atoms with E-state index in [0.29, 0.717) is 6.54 Å². The van der Waals surface area contributed by atoms with Crippen molar-refractivity contribution < 1.29 is 19.1 Å². The van der Waals surface area contributed by atoms with Crippen LogP contribution in [0.3, 0.4) is 0 Å². The SMILES string of the molecule is C[C@@H]1CCC[C@H](C)N1C(=O)COC(=O)c1ccccc1C(=O)N(C)Cc1ccccc1. The Bertz CT molecular complexity index is 918. The first-order valence-electron chi connectivity index (χ1n) is 10.7. The van der Waals surface area contributed by atoms with Crippen molar-refractivity contribution in [2.24, 2.45) is 0 Å². The zero-order valence-corrected chi connectivity index (χ0v) is 18.4. The van der Waals surface area contributed by atoms with Crippen molar-refractivity contribution in [3.8, 4) is 0 Å². The van der Waals surface area contributed by atoms with Crippen LogP contribution in [0.25, 0.3) is 0 Å². The second kappa shape index (κ2) is 10.2. The summed E-state index contributed by atoms with van der Waals surface area (Å²) in [7, 11) is 1.69. The predicted molar refractivity (Wildman–Crippen MR) is 119 cm³/mol. The molecule has 1 heterocycles. The number of ether oxygens (including phenoxy) is 1. The van der Waals surface area contributed by atoms with Crippen LogP contribution in [0, 0.1) is 0 Å². The molecule has 0 unspecified atom stereocenters. The van der Waals surface area contributed by atoms with Gasteiger partial charge >= 0.3 is 5.97 Å². The van der Waals surface area contributed by atoms with Gasteiger partial charge in [0.2, 0.25) is 0 Å². The standard InChI is InChI=1S/C25H30N2O4/c1-18-10-9-11-19(2)27(18)23(28)17-31-25(30)22-15-8-7-14-21(22)24(29)26(3)16-20-12-5-4-6-13-20/h4-8,12-15,18-19H,9-11,16-17H2,1-3H3/t18-,19+. The average molecular weight is 423 g/mol. The molecule has 0 saturated carbocycles. The van der Waals surface area contributed by atoms with Crippen molar-refractivity contribution in [1.29, 1.82) is 0 Å². The number of amides is 2. The minimum absolute atomic E-state index is 0.135. The number of piperidine rings is 1. The normalized spacial score (nSPS) is 18.4. The highest BCUT2D eigenvalue weighted by Crippen LogP contribution is 2.23. The van der Waals surface area contributed by atoms with Crippen molar-refractivity contribution in [1.82, 2.24) is 9.80 Å². The highest BCUT2D eigenvalue weighted by Gasteiger charge is 2.30. The first kappa shape index (κ1) is 22.5. The Kier molecular flexibility index (Phi) is 7.45. The van der Waals surface area contributed by atoms with E-state index < -0.39 is 5.97 Å². The molecule has 2 aromatic rings. The summed E-state index contributed by atoms with van der Waals surface area (Å²) in [6.07, 6.45) is 3.00. The summed E-state index contributed by atoms with van der Waals surface area (Å²) in [6.45, 7) is 4.14. The molecule has 3 rings (SSSR count). The van der Waals surface area contributed by atoms with Gasteiger partial charge in [-0.25, -0.2) is 4.79 Å². The Labute approximate surface area is 183 Å². The Hall–Kier alpha value is -3.15. The van der Waals surface area contributed by atoms with Crippen molar-refractivity contribution in [3.05, 3.63) is 71.3 Å². The third kappa shape index (κ3) is 5.51. The molecule has 2 atom stereocenters. The van der Waals surface area contributed by atoms with Crippen LogP contribution in [0.4, 0.5) is 0 Å². The third-order valence-corrected chi connectivity index (χ3v) is 5.79. The van der Waals surface area contributed by atoms with Gasteiger partial charge in [0.15, 0.2) is 6.61 Å². The van der Waals surface area contributed by atoms with E-state index >= 15 is 0 Å². The molecule has 6 heteroatoms. The van der Waals surface area contributed by atoms with E-state index in [4.69, 9.17) is 4.74 Å². The molecule has 1 saturated heterocycles. The fourth-order valence-electron chi connectivity index (χ4n) is 4.17. The van der Waals surface area contributed by atoms with E-state index in [1.54, 1.807) is 36.2 Å². The third-order valence-electron chi connectivity index (χ3n) is 5.79. The van der Waals surface area contributed by atoms with Crippen LogP contribution in [-0.4, -0.2) is 53.3 Å². The van der Waals surface area contributed by atoms with Gasteiger partial charge in [-0.2, -0.15) is 0 Å². The maximum absolute atomic E-state index is 13.0. The van der Waals surface area contributed by atoms with Gasteiger partial charge in [-0.05, 0) is 50.8 Å². The van der Waals surface area contributed by atoms with E-state index in [1.165, 1.54) is 0 Å². The molecule has 1 fully saturated rings. The van der Waals surface area contributed by atoms with Crippen molar-refractivity contribution in [3.63, 3.8) is 0 Å². The summed E-state index contributed by atoms with van der Waals surface area (Å²) in [6, 6.07) is 16.5. The molecule has 6 nitrogen and oxygen atoms in total. The molecule has 0 bridgehead atoms. The number of benzene rings is 2. The molecule has 0 spiro atoms. The monoisotopic (exact) mass is 422 g/mol. The molecule has 1 aliphatic heterocycles. The molecule has 0 N–H and O–H groups in total. The highest BCUT2D eigenvalue weighted by molar-refractivity contribution is 6.05. The Morgan fingerprint density at radius 3 is 2.16 bits per heavy atom. The summed E-state index contributed by atoms with van der Waals surface area (Å²) in [5, 5.41) is 0. The average Bonchev–Trinajstić information content (AvgIpc) is 2.77. The number of likely N-dealkylation sites (tertiary alicyclic amines) is 1. The fraction of sp³-hybridized carbons (Fsp3) is 0.400. The molecule has 0 aliphatic carbocycles. The van der Waals surface area contributed by atoms with Crippen LogP contribution in [0.15, 0.2) is 54.6 Å². The van der Waals surface area contributed by atoms with Gasteiger partial charge in [-0.15, -0.1) is 0 Å². The Balaban J connectivity index is 1.67. The Morgan fingerprint density at radius 2 is 1.52 bits per heavy atom. The summed E-state index contributed by atoms with van der Waals surface area (Å²) in [5.74, 6) is -1.14. The maximum atomic E-state index is 13.0. The molecule has 164 valence electrons. The molecule has 0 aromatic heterocycles. The van der Waals surface area contributed by atoms with Gasteiger partial charge in [0.1, 0.15) is 0 Å². The summed E-state index contributed by atoms with van der Waals surface area (Å²) in [4.78, 5) is 41.8. The van der Waals surface area contributed by atoms with E-state index in [1.807, 2.05) is 49.1 Å². The van der Waals surface area contributed by atoms with E-state index in [2.05, 4.69) is 0 Å². The van der Waals surface area contributed by atoms with E-state index in [-0.39, 0.29) is 41.6 Å². The van der Waals surface area contributed by atoms with Crippen LogP contribution in [-0.2, 0) is 16.1 Å². The lowest BCUT2D eigenvalue weighted by atomic mass is 9.97. The van der Waals surface area contributed by atoms with Gasteiger partial charge in [-0.3, -0.25) is 9.59 Å². The molecular weight excluding hydrogens is 392 g/mol. The lowest BCUT2D eigenvalue weighted by Gasteiger charge is -2.38. The predicted octanol–water partition coefficient (Wildman–Crippen LogP) is 3.91. The van der Waals surface area contributed by atoms with Gasteiger partial charge in [0.05, 0.1) is 11.1 Å². The first-order chi connectivity index (χ1) is 14.9. The van der Waals surface area contributed by atoms with Crippen LogP contribution < -0.4 is 0 Å². The highest BCUT2D eigenvalue weighted by atomic mass is 16.5. The van der Waals surface area contributed by atoms with Crippen molar-refractivity contribution in [2.45, 2.75) is 51.7 Å². The molecule has 31 heavy (non-hydrogen) atoms. The Morgan fingerprint density at radius 1 is 0.935 bits per heavy atom. The largest absolute Gasteiger partial charge is 0.452 e. The zero-order chi connectivity index (χ0) is 22.4. The molecule has 0 radical (unpaired) electrons. The van der Waals surface area contributed by atoms with Gasteiger partial charge < -0.3 is 14.5 Å². The quantitative estimate of drug-likeness (QED) is 0.662. The summed E-state index contributed by atoms with van der Waals surface area (Å²) < 4.78 is 5.33. The van der Waals surface area contributed by atoms with Gasteiger partial charge in [0.25, 0.3) is 11.8 Å². The van der Waals surface area contributed by atoms with E-state index in [9.17, 15) is 14.4 Å². The number of hydrogen-bond donors (Lipinski definition) is 0. The van der Waals surface area contributed by atoms with Crippen LogP contribution in [0.2, 0.25) is 0 Å². The van der Waals surface area contributed by atoms with Crippen molar-refractivity contribution in [2.75, 3.05) is 13.7 Å². The summed E-state index contributed by atoms with van der Waals surface area (Å²) >= 11 is 0. The zero-order valence-electron chi connectivity index (χ0n) is 18.4. The van der Waals surface area contributed by atoms with Gasteiger partial charge in [-0.1, -0.05) is 42.5 Å². The lowest BCUT2D eigenvalue weighted by molar-refractivity contribution is -0.140. The van der Waals surface area contributed by atoms with Crippen LogP contribution in [0.1, 0.15) is 59.4 Å². The smallest absolute Gasteiger partial charge is 0.339 e.